The third kappa shape index (κ3) is 3.89. The summed E-state index contributed by atoms with van der Waals surface area (Å²) in [5.74, 6) is 0.405. The number of hydrogen-bond donors (Lipinski definition) is 1. The minimum atomic E-state index is -0.445. The molecule has 0 saturated heterocycles. The van der Waals surface area contributed by atoms with E-state index in [1.165, 1.54) is 11.3 Å². The molecule has 0 aliphatic heterocycles. The Bertz CT molecular complexity index is 491. The SMILES string of the molecule is CN(C)c1cccc([C@@H]2C[C@H]2NC(=O)OC(C)(C)C)c1. The van der Waals surface area contributed by atoms with Gasteiger partial charge in [-0.3, -0.25) is 0 Å². The third-order valence-corrected chi connectivity index (χ3v) is 3.31. The first-order chi connectivity index (χ1) is 9.26. The van der Waals surface area contributed by atoms with E-state index in [4.69, 9.17) is 4.74 Å². The number of nitrogens with zero attached hydrogens (tertiary/aromatic N) is 1. The fourth-order valence-electron chi connectivity index (χ4n) is 2.22. The molecule has 1 aliphatic rings. The summed E-state index contributed by atoms with van der Waals surface area (Å²) < 4.78 is 5.28. The van der Waals surface area contributed by atoms with Gasteiger partial charge in [-0.05, 0) is 44.9 Å². The quantitative estimate of drug-likeness (QED) is 0.922. The lowest BCUT2D eigenvalue weighted by atomic mass is 10.1. The van der Waals surface area contributed by atoms with Crippen molar-refractivity contribution in [3.8, 4) is 0 Å². The first kappa shape index (κ1) is 14.7. The summed E-state index contributed by atoms with van der Waals surface area (Å²) in [5, 5.41) is 2.93. The molecular formula is C16H24N2O2. The molecule has 0 heterocycles. The number of ether oxygens (including phenoxy) is 1. The minimum absolute atomic E-state index is 0.197. The molecule has 110 valence electrons. The first-order valence-electron chi connectivity index (χ1n) is 7.03. The zero-order valence-corrected chi connectivity index (χ0v) is 12.9. The topological polar surface area (TPSA) is 41.6 Å². The summed E-state index contributed by atoms with van der Waals surface area (Å²) in [6.45, 7) is 5.62. The van der Waals surface area contributed by atoms with E-state index in [9.17, 15) is 4.79 Å². The highest BCUT2D eigenvalue weighted by Gasteiger charge is 2.40. The Morgan fingerprint density at radius 2 is 2.05 bits per heavy atom. The zero-order chi connectivity index (χ0) is 14.9. The van der Waals surface area contributed by atoms with Gasteiger partial charge in [0.1, 0.15) is 5.60 Å². The van der Waals surface area contributed by atoms with Crippen LogP contribution in [0.15, 0.2) is 24.3 Å². The summed E-state index contributed by atoms with van der Waals surface area (Å²) in [5.41, 5.74) is 2.02. The van der Waals surface area contributed by atoms with Gasteiger partial charge in [0.15, 0.2) is 0 Å². The molecule has 4 nitrogen and oxygen atoms in total. The predicted octanol–water partition coefficient (Wildman–Crippen LogP) is 3.13. The number of alkyl carbamates (subject to hydrolysis) is 1. The molecule has 1 aliphatic carbocycles. The van der Waals surface area contributed by atoms with Crippen LogP contribution in [-0.4, -0.2) is 31.8 Å². The number of rotatable bonds is 3. The molecule has 20 heavy (non-hydrogen) atoms. The molecule has 1 amide bonds. The molecule has 4 heteroatoms. The second kappa shape index (κ2) is 5.35. The molecular weight excluding hydrogens is 252 g/mol. The van der Waals surface area contributed by atoms with Gasteiger partial charge in [-0.2, -0.15) is 0 Å². The number of nitrogens with one attached hydrogen (secondary N) is 1. The molecule has 0 unspecified atom stereocenters. The molecule has 1 N–H and O–H groups in total. The Kier molecular flexibility index (Phi) is 3.93. The van der Waals surface area contributed by atoms with Gasteiger partial charge in [0, 0.05) is 31.7 Å². The maximum absolute atomic E-state index is 11.7. The summed E-state index contributed by atoms with van der Waals surface area (Å²) in [6.07, 6.45) is 0.657. The van der Waals surface area contributed by atoms with Crippen LogP contribution in [0.5, 0.6) is 0 Å². The van der Waals surface area contributed by atoms with Crippen LogP contribution >= 0.6 is 0 Å². The van der Waals surface area contributed by atoms with E-state index >= 15 is 0 Å². The molecule has 0 aromatic heterocycles. The number of anilines is 1. The largest absolute Gasteiger partial charge is 0.444 e. The van der Waals surface area contributed by atoms with Gasteiger partial charge in [0.05, 0.1) is 0 Å². The number of benzene rings is 1. The van der Waals surface area contributed by atoms with E-state index in [1.807, 2.05) is 34.9 Å². The number of carbonyl (C=O) groups is 1. The number of amides is 1. The maximum Gasteiger partial charge on any atom is 0.407 e. The molecule has 0 radical (unpaired) electrons. The second-order valence-corrected chi connectivity index (χ2v) is 6.58. The van der Waals surface area contributed by atoms with E-state index in [1.54, 1.807) is 0 Å². The van der Waals surface area contributed by atoms with Gasteiger partial charge in [0.2, 0.25) is 0 Å². The van der Waals surface area contributed by atoms with Crippen molar-refractivity contribution in [3.05, 3.63) is 29.8 Å². The van der Waals surface area contributed by atoms with Gasteiger partial charge in [0.25, 0.3) is 0 Å². The van der Waals surface area contributed by atoms with Crippen LogP contribution in [0.4, 0.5) is 10.5 Å². The normalized spacial score (nSPS) is 21.2. The van der Waals surface area contributed by atoms with Gasteiger partial charge >= 0.3 is 6.09 Å². The average Bonchev–Trinajstić information content (AvgIpc) is 3.05. The highest BCUT2D eigenvalue weighted by Crippen LogP contribution is 2.41. The molecule has 0 bridgehead atoms. The van der Waals surface area contributed by atoms with Gasteiger partial charge in [-0.25, -0.2) is 4.79 Å². The second-order valence-electron chi connectivity index (χ2n) is 6.58. The van der Waals surface area contributed by atoms with Gasteiger partial charge in [-0.1, -0.05) is 12.1 Å². The lowest BCUT2D eigenvalue weighted by Crippen LogP contribution is -2.34. The lowest BCUT2D eigenvalue weighted by molar-refractivity contribution is 0.0523. The van der Waals surface area contributed by atoms with Crippen LogP contribution in [-0.2, 0) is 4.74 Å². The minimum Gasteiger partial charge on any atom is -0.444 e. The summed E-state index contributed by atoms with van der Waals surface area (Å²) in [7, 11) is 4.06. The first-order valence-corrected chi connectivity index (χ1v) is 7.03. The highest BCUT2D eigenvalue weighted by atomic mass is 16.6. The fourth-order valence-corrected chi connectivity index (χ4v) is 2.22. The van der Waals surface area contributed by atoms with Crippen molar-refractivity contribution < 1.29 is 9.53 Å². The van der Waals surface area contributed by atoms with Gasteiger partial charge < -0.3 is 15.0 Å². The van der Waals surface area contributed by atoms with Crippen LogP contribution in [0.1, 0.15) is 38.7 Å². The molecule has 1 saturated carbocycles. The van der Waals surface area contributed by atoms with Crippen molar-refractivity contribution >= 4 is 11.8 Å². The van der Waals surface area contributed by atoms with Crippen LogP contribution < -0.4 is 10.2 Å². The smallest absolute Gasteiger partial charge is 0.407 e. The molecule has 2 atom stereocenters. The van der Waals surface area contributed by atoms with Crippen molar-refractivity contribution in [3.63, 3.8) is 0 Å². The lowest BCUT2D eigenvalue weighted by Gasteiger charge is -2.19. The highest BCUT2D eigenvalue weighted by molar-refractivity contribution is 5.69. The van der Waals surface area contributed by atoms with Crippen LogP contribution in [0.3, 0.4) is 0 Å². The Morgan fingerprint density at radius 1 is 1.35 bits per heavy atom. The van der Waals surface area contributed by atoms with Gasteiger partial charge in [-0.15, -0.1) is 0 Å². The Labute approximate surface area is 121 Å². The van der Waals surface area contributed by atoms with Crippen molar-refractivity contribution in [1.82, 2.24) is 5.32 Å². The molecule has 1 aromatic rings. The van der Waals surface area contributed by atoms with Crippen LogP contribution in [0.2, 0.25) is 0 Å². The summed E-state index contributed by atoms with van der Waals surface area (Å²) >= 11 is 0. The predicted molar refractivity (Wildman–Crippen MR) is 81.3 cm³/mol. The van der Waals surface area contributed by atoms with Crippen LogP contribution in [0, 0.1) is 0 Å². The van der Waals surface area contributed by atoms with Crippen molar-refractivity contribution in [2.75, 3.05) is 19.0 Å². The van der Waals surface area contributed by atoms with E-state index in [2.05, 4.69) is 34.5 Å². The Balaban J connectivity index is 1.92. The molecule has 1 aromatic carbocycles. The fraction of sp³-hybridized carbons (Fsp3) is 0.562. The zero-order valence-electron chi connectivity index (χ0n) is 12.9. The van der Waals surface area contributed by atoms with E-state index in [0.717, 1.165) is 6.42 Å². The number of hydrogen-bond acceptors (Lipinski definition) is 3. The molecule has 0 spiro atoms. The van der Waals surface area contributed by atoms with Crippen LogP contribution in [0.25, 0.3) is 0 Å². The molecule has 1 fully saturated rings. The molecule has 2 rings (SSSR count). The Hall–Kier alpha value is -1.71. The summed E-state index contributed by atoms with van der Waals surface area (Å²) in [6, 6.07) is 8.65. The summed E-state index contributed by atoms with van der Waals surface area (Å²) in [4.78, 5) is 13.8. The average molecular weight is 276 g/mol. The third-order valence-electron chi connectivity index (χ3n) is 3.31. The maximum atomic E-state index is 11.7. The van der Waals surface area contributed by atoms with Crippen molar-refractivity contribution in [2.24, 2.45) is 0 Å². The van der Waals surface area contributed by atoms with Crippen molar-refractivity contribution in [2.45, 2.75) is 44.8 Å². The van der Waals surface area contributed by atoms with E-state index in [-0.39, 0.29) is 12.1 Å². The Morgan fingerprint density at radius 3 is 2.65 bits per heavy atom. The van der Waals surface area contributed by atoms with E-state index in [0.29, 0.717) is 5.92 Å². The monoisotopic (exact) mass is 276 g/mol. The van der Waals surface area contributed by atoms with Crippen molar-refractivity contribution in [1.29, 1.82) is 0 Å². The number of carbonyl (C=O) groups excluding carboxylic acids is 1. The van der Waals surface area contributed by atoms with E-state index < -0.39 is 5.60 Å². The standard InChI is InChI=1S/C16H24N2O2/c1-16(2,3)20-15(19)17-14-10-13(14)11-7-6-8-12(9-11)18(4)5/h6-9,13-14H,10H2,1-5H3,(H,17,19)/t13-,14+/m0/s1.